The molecule has 1 N–H and O–H groups in total. The third kappa shape index (κ3) is 5.36. The van der Waals surface area contributed by atoms with Crippen LogP contribution in [0.15, 0.2) is 52.1 Å². The number of H-pyrrole nitrogens is 1. The molecule has 0 unspecified atom stereocenters. The van der Waals surface area contributed by atoms with Gasteiger partial charge in [0.2, 0.25) is 11.1 Å². The van der Waals surface area contributed by atoms with Gasteiger partial charge in [0.15, 0.2) is 17.4 Å². The molecular formula is C20H20BrFN4O2S. The van der Waals surface area contributed by atoms with E-state index in [2.05, 4.69) is 31.1 Å². The first-order valence-corrected chi connectivity index (χ1v) is 10.7. The van der Waals surface area contributed by atoms with Crippen molar-refractivity contribution in [1.29, 1.82) is 0 Å². The van der Waals surface area contributed by atoms with Crippen molar-refractivity contribution in [2.45, 2.75) is 18.6 Å². The van der Waals surface area contributed by atoms with Crippen LogP contribution in [-0.2, 0) is 11.3 Å². The largest absolute Gasteiger partial charge is 0.494 e. The maximum absolute atomic E-state index is 13.9. The van der Waals surface area contributed by atoms with Crippen molar-refractivity contribution in [2.75, 3.05) is 19.4 Å². The van der Waals surface area contributed by atoms with Crippen molar-refractivity contribution >= 4 is 33.6 Å². The van der Waals surface area contributed by atoms with Gasteiger partial charge < -0.3 is 9.64 Å². The van der Waals surface area contributed by atoms with Crippen LogP contribution >= 0.6 is 27.7 Å². The topological polar surface area (TPSA) is 71.1 Å². The average molecular weight is 479 g/mol. The van der Waals surface area contributed by atoms with Crippen LogP contribution in [-0.4, -0.2) is 45.4 Å². The number of nitrogens with zero attached hydrogens (tertiary/aromatic N) is 3. The second-order valence-corrected chi connectivity index (χ2v) is 7.91. The van der Waals surface area contributed by atoms with Gasteiger partial charge in [-0.15, -0.1) is 5.10 Å². The number of rotatable bonds is 8. The first-order valence-electron chi connectivity index (χ1n) is 8.92. The Balaban J connectivity index is 1.60. The molecule has 1 heterocycles. The van der Waals surface area contributed by atoms with Gasteiger partial charge in [-0.25, -0.2) is 9.37 Å². The fourth-order valence-corrected chi connectivity index (χ4v) is 3.88. The normalized spacial score (nSPS) is 10.8. The van der Waals surface area contributed by atoms with E-state index in [1.807, 2.05) is 31.2 Å². The Morgan fingerprint density at radius 1 is 1.31 bits per heavy atom. The van der Waals surface area contributed by atoms with E-state index < -0.39 is 5.82 Å². The minimum atomic E-state index is -0.441. The van der Waals surface area contributed by atoms with Gasteiger partial charge in [0.05, 0.1) is 12.9 Å². The lowest BCUT2D eigenvalue weighted by molar-refractivity contribution is -0.128. The van der Waals surface area contributed by atoms with E-state index in [9.17, 15) is 9.18 Å². The number of methoxy groups -OCH3 is 1. The molecule has 152 valence electrons. The summed E-state index contributed by atoms with van der Waals surface area (Å²) in [5.41, 5.74) is 1.60. The Bertz CT molecular complexity index is 998. The molecule has 0 saturated carbocycles. The number of nitrogens with one attached hydrogen (secondary N) is 1. The highest BCUT2D eigenvalue weighted by atomic mass is 79.9. The van der Waals surface area contributed by atoms with Gasteiger partial charge in [-0.3, -0.25) is 9.89 Å². The van der Waals surface area contributed by atoms with E-state index in [1.165, 1.54) is 24.9 Å². The molecule has 0 fully saturated rings. The molecule has 29 heavy (non-hydrogen) atoms. The van der Waals surface area contributed by atoms with Crippen molar-refractivity contribution in [3.05, 3.63) is 58.3 Å². The number of carbonyl (C=O) groups excluding carboxylic acids is 1. The number of carbonyl (C=O) groups is 1. The minimum Gasteiger partial charge on any atom is -0.494 e. The Hall–Kier alpha value is -2.39. The number of thioether (sulfide) groups is 1. The van der Waals surface area contributed by atoms with E-state index in [0.717, 1.165) is 10.0 Å². The number of aromatic amines is 1. The molecule has 0 atom stereocenters. The smallest absolute Gasteiger partial charge is 0.233 e. The molecule has 0 saturated heterocycles. The summed E-state index contributed by atoms with van der Waals surface area (Å²) in [5.74, 6) is 0.501. The Kier molecular flexibility index (Phi) is 7.27. The van der Waals surface area contributed by atoms with Gasteiger partial charge in [-0.05, 0) is 30.7 Å². The number of hydrogen-bond acceptors (Lipinski definition) is 5. The van der Waals surface area contributed by atoms with Gasteiger partial charge in [0, 0.05) is 23.1 Å². The molecule has 1 amide bonds. The van der Waals surface area contributed by atoms with Gasteiger partial charge in [-0.2, -0.15) is 0 Å². The molecule has 3 aromatic rings. The summed E-state index contributed by atoms with van der Waals surface area (Å²) in [6, 6.07) is 12.4. The van der Waals surface area contributed by atoms with Crippen molar-refractivity contribution in [3.63, 3.8) is 0 Å². The fourth-order valence-electron chi connectivity index (χ4n) is 2.71. The molecule has 9 heteroatoms. The summed E-state index contributed by atoms with van der Waals surface area (Å²) < 4.78 is 19.7. The highest BCUT2D eigenvalue weighted by molar-refractivity contribution is 9.10. The summed E-state index contributed by atoms with van der Waals surface area (Å²) in [5, 5.41) is 7.57. The quantitative estimate of drug-likeness (QED) is 0.481. The van der Waals surface area contributed by atoms with E-state index in [4.69, 9.17) is 4.74 Å². The molecule has 2 aromatic carbocycles. The number of hydrogen-bond donors (Lipinski definition) is 1. The monoisotopic (exact) mass is 478 g/mol. The number of ether oxygens (including phenoxy) is 1. The zero-order chi connectivity index (χ0) is 20.8. The van der Waals surface area contributed by atoms with E-state index in [1.54, 1.807) is 17.0 Å². The van der Waals surface area contributed by atoms with Crippen LogP contribution in [0.2, 0.25) is 0 Å². The van der Waals surface area contributed by atoms with Crippen LogP contribution in [0.5, 0.6) is 5.75 Å². The highest BCUT2D eigenvalue weighted by Crippen LogP contribution is 2.26. The zero-order valence-corrected chi connectivity index (χ0v) is 18.4. The number of benzene rings is 2. The lowest BCUT2D eigenvalue weighted by Gasteiger charge is -2.20. The summed E-state index contributed by atoms with van der Waals surface area (Å²) in [7, 11) is 1.42. The summed E-state index contributed by atoms with van der Waals surface area (Å²) in [4.78, 5) is 18.7. The van der Waals surface area contributed by atoms with Crippen molar-refractivity contribution in [3.8, 4) is 17.1 Å². The molecule has 0 spiro atoms. The molecule has 3 rings (SSSR count). The summed E-state index contributed by atoms with van der Waals surface area (Å²) in [6.45, 7) is 2.73. The second kappa shape index (κ2) is 9.89. The number of amides is 1. The Morgan fingerprint density at radius 2 is 2.10 bits per heavy atom. The summed E-state index contributed by atoms with van der Waals surface area (Å²) in [6.07, 6.45) is 0. The number of aromatic nitrogens is 3. The lowest BCUT2D eigenvalue weighted by Crippen LogP contribution is -2.31. The van der Waals surface area contributed by atoms with Crippen LogP contribution in [0.4, 0.5) is 4.39 Å². The first kappa shape index (κ1) is 21.3. The van der Waals surface area contributed by atoms with Crippen LogP contribution in [0.3, 0.4) is 0 Å². The number of halogens is 2. The molecule has 0 aliphatic carbocycles. The standard InChI is InChI=1S/C20H20BrFN4O2S/c1-3-26(11-13-8-9-17(28-2)16(22)10-13)18(27)12-29-20-23-19(24-25-20)14-6-4-5-7-15(14)21/h4-10H,3,11-12H2,1-2H3,(H,23,24,25). The average Bonchev–Trinajstić information content (AvgIpc) is 3.19. The molecular weight excluding hydrogens is 459 g/mol. The molecule has 0 bridgehead atoms. The van der Waals surface area contributed by atoms with Gasteiger partial charge in [0.1, 0.15) is 0 Å². The van der Waals surface area contributed by atoms with E-state index >= 15 is 0 Å². The van der Waals surface area contributed by atoms with E-state index in [-0.39, 0.29) is 17.4 Å². The molecule has 1 aromatic heterocycles. The highest BCUT2D eigenvalue weighted by Gasteiger charge is 2.16. The second-order valence-electron chi connectivity index (χ2n) is 6.11. The van der Waals surface area contributed by atoms with Crippen LogP contribution in [0, 0.1) is 5.82 Å². The van der Waals surface area contributed by atoms with Gasteiger partial charge in [0.25, 0.3) is 0 Å². The SMILES string of the molecule is CCN(Cc1ccc(OC)c(F)c1)C(=O)CSc1n[nH]c(-c2ccccc2Br)n1. The summed E-state index contributed by atoms with van der Waals surface area (Å²) >= 11 is 4.75. The van der Waals surface area contributed by atoms with Gasteiger partial charge >= 0.3 is 0 Å². The van der Waals surface area contributed by atoms with Gasteiger partial charge in [-0.1, -0.05) is 52.0 Å². The maximum Gasteiger partial charge on any atom is 0.233 e. The molecule has 0 radical (unpaired) electrons. The van der Waals surface area contributed by atoms with Crippen molar-refractivity contribution < 1.29 is 13.9 Å². The van der Waals surface area contributed by atoms with Crippen molar-refractivity contribution in [1.82, 2.24) is 20.1 Å². The maximum atomic E-state index is 13.9. The van der Waals surface area contributed by atoms with Crippen LogP contribution in [0.1, 0.15) is 12.5 Å². The predicted molar refractivity (Wildman–Crippen MR) is 114 cm³/mol. The molecule has 6 nitrogen and oxygen atoms in total. The van der Waals surface area contributed by atoms with E-state index in [0.29, 0.717) is 29.6 Å². The third-order valence-corrected chi connectivity index (χ3v) is 5.77. The minimum absolute atomic E-state index is 0.0685. The zero-order valence-electron chi connectivity index (χ0n) is 16.0. The molecule has 0 aliphatic rings. The van der Waals surface area contributed by atoms with Crippen LogP contribution in [0.25, 0.3) is 11.4 Å². The van der Waals surface area contributed by atoms with Crippen molar-refractivity contribution in [2.24, 2.45) is 0 Å². The lowest BCUT2D eigenvalue weighted by atomic mass is 10.2. The Morgan fingerprint density at radius 3 is 2.79 bits per heavy atom. The predicted octanol–water partition coefficient (Wildman–Crippen LogP) is 4.52. The first-order chi connectivity index (χ1) is 14.0. The Labute approximate surface area is 181 Å². The fraction of sp³-hybridized carbons (Fsp3) is 0.250. The molecule has 0 aliphatic heterocycles. The van der Waals surface area contributed by atoms with Crippen LogP contribution < -0.4 is 4.74 Å². The third-order valence-electron chi connectivity index (χ3n) is 4.24.